The summed E-state index contributed by atoms with van der Waals surface area (Å²) >= 11 is 6.04. The van der Waals surface area contributed by atoms with Crippen molar-refractivity contribution in [3.8, 4) is 5.75 Å². The fraction of sp³-hybridized carbons (Fsp3) is 0.250. The summed E-state index contributed by atoms with van der Waals surface area (Å²) in [6.07, 6.45) is 0.620. The third-order valence-electron chi connectivity index (χ3n) is 4.53. The Morgan fingerprint density at radius 2 is 2.08 bits per heavy atom. The number of fused-ring (bicyclic) bond motifs is 2. The van der Waals surface area contributed by atoms with Crippen molar-refractivity contribution in [3.63, 3.8) is 0 Å². The lowest BCUT2D eigenvalue weighted by atomic mass is 9.95. The first-order valence-electron chi connectivity index (χ1n) is 8.30. The molecule has 0 fully saturated rings. The van der Waals surface area contributed by atoms with E-state index in [1.807, 2.05) is 49.4 Å². The molecule has 2 heterocycles. The molecular formula is C20H18ClNO3. The van der Waals surface area contributed by atoms with E-state index in [0.29, 0.717) is 18.1 Å². The molecule has 1 aromatic heterocycles. The highest BCUT2D eigenvalue weighted by atomic mass is 35.5. The van der Waals surface area contributed by atoms with E-state index in [9.17, 15) is 4.79 Å². The van der Waals surface area contributed by atoms with Gasteiger partial charge in [0.2, 0.25) is 5.91 Å². The second-order valence-corrected chi connectivity index (χ2v) is 6.82. The predicted octanol–water partition coefficient (Wildman–Crippen LogP) is 4.51. The monoisotopic (exact) mass is 355 g/mol. The van der Waals surface area contributed by atoms with Crippen molar-refractivity contribution >= 4 is 28.5 Å². The van der Waals surface area contributed by atoms with Gasteiger partial charge in [0, 0.05) is 10.4 Å². The van der Waals surface area contributed by atoms with E-state index in [1.54, 1.807) is 6.07 Å². The van der Waals surface area contributed by atoms with Crippen molar-refractivity contribution in [1.82, 2.24) is 5.32 Å². The molecule has 4 rings (SSSR count). The van der Waals surface area contributed by atoms with E-state index in [4.69, 9.17) is 20.8 Å². The molecular weight excluding hydrogens is 338 g/mol. The van der Waals surface area contributed by atoms with Crippen LogP contribution in [0.4, 0.5) is 0 Å². The molecule has 0 saturated heterocycles. The molecule has 128 valence electrons. The second-order valence-electron chi connectivity index (χ2n) is 6.38. The molecule has 0 radical (unpaired) electrons. The summed E-state index contributed by atoms with van der Waals surface area (Å²) in [6.45, 7) is 2.29. The standard InChI is InChI=1S/C20H18ClNO3/c1-12(19-10-13-4-2-3-5-18(13)25-19)22-20(23)15-8-14-9-16(21)6-7-17(14)24-11-15/h2-7,9-10,12,15H,8,11H2,1H3,(H,22,23)/t12-,15+/m0/s1. The number of rotatable bonds is 3. The summed E-state index contributed by atoms with van der Waals surface area (Å²) in [5.41, 5.74) is 1.79. The van der Waals surface area contributed by atoms with E-state index in [1.165, 1.54) is 0 Å². The maximum atomic E-state index is 12.6. The first-order chi connectivity index (χ1) is 12.1. The van der Waals surface area contributed by atoms with Gasteiger partial charge in [0.15, 0.2) is 0 Å². The van der Waals surface area contributed by atoms with Crippen LogP contribution in [0.2, 0.25) is 5.02 Å². The van der Waals surface area contributed by atoms with Crippen molar-refractivity contribution in [1.29, 1.82) is 0 Å². The minimum atomic E-state index is -0.238. The number of hydrogen-bond acceptors (Lipinski definition) is 3. The number of amides is 1. The van der Waals surface area contributed by atoms with Crippen LogP contribution in [0.5, 0.6) is 5.75 Å². The number of nitrogens with one attached hydrogen (secondary N) is 1. The van der Waals surface area contributed by atoms with Gasteiger partial charge in [0.05, 0.1) is 12.0 Å². The van der Waals surface area contributed by atoms with Crippen LogP contribution in [0.3, 0.4) is 0 Å². The third kappa shape index (κ3) is 3.22. The topological polar surface area (TPSA) is 51.5 Å². The molecule has 1 aliphatic rings. The molecule has 2 atom stereocenters. The molecule has 25 heavy (non-hydrogen) atoms. The van der Waals surface area contributed by atoms with Crippen molar-refractivity contribution in [2.24, 2.45) is 5.92 Å². The van der Waals surface area contributed by atoms with Crippen molar-refractivity contribution in [3.05, 3.63) is 64.9 Å². The number of ether oxygens (including phenoxy) is 1. The smallest absolute Gasteiger partial charge is 0.227 e. The number of benzene rings is 2. The number of halogens is 1. The van der Waals surface area contributed by atoms with Gasteiger partial charge in [-0.3, -0.25) is 4.79 Å². The minimum absolute atomic E-state index is 0.0430. The van der Waals surface area contributed by atoms with Crippen molar-refractivity contribution in [2.75, 3.05) is 6.61 Å². The summed E-state index contributed by atoms with van der Waals surface area (Å²) in [6, 6.07) is 15.1. The molecule has 5 heteroatoms. The zero-order valence-corrected chi connectivity index (χ0v) is 14.5. The molecule has 1 aliphatic heterocycles. The highest BCUT2D eigenvalue weighted by molar-refractivity contribution is 6.30. The number of para-hydroxylation sites is 1. The fourth-order valence-electron chi connectivity index (χ4n) is 3.15. The van der Waals surface area contributed by atoms with Gasteiger partial charge in [-0.05, 0) is 49.2 Å². The lowest BCUT2D eigenvalue weighted by molar-refractivity contribution is -0.127. The first-order valence-corrected chi connectivity index (χ1v) is 8.68. The average Bonchev–Trinajstić information content (AvgIpc) is 3.05. The first kappa shape index (κ1) is 16.0. The molecule has 0 saturated carbocycles. The highest BCUT2D eigenvalue weighted by Crippen LogP contribution is 2.30. The molecule has 0 bridgehead atoms. The Labute approximate surface area is 150 Å². The minimum Gasteiger partial charge on any atom is -0.492 e. The molecule has 3 aromatic rings. The van der Waals surface area contributed by atoms with Crippen LogP contribution in [0.25, 0.3) is 11.0 Å². The summed E-state index contributed by atoms with van der Waals surface area (Å²) in [5, 5.41) is 4.71. The zero-order valence-electron chi connectivity index (χ0n) is 13.8. The number of hydrogen-bond donors (Lipinski definition) is 1. The Hall–Kier alpha value is -2.46. The van der Waals surface area contributed by atoms with E-state index >= 15 is 0 Å². The van der Waals surface area contributed by atoms with Crippen LogP contribution in [0.15, 0.2) is 52.9 Å². The van der Waals surface area contributed by atoms with Crippen LogP contribution in [-0.4, -0.2) is 12.5 Å². The van der Waals surface area contributed by atoms with Gasteiger partial charge < -0.3 is 14.5 Å². The molecule has 0 unspecified atom stereocenters. The largest absolute Gasteiger partial charge is 0.492 e. The van der Waals surface area contributed by atoms with Crippen LogP contribution < -0.4 is 10.1 Å². The normalized spacial score (nSPS) is 17.6. The van der Waals surface area contributed by atoms with Crippen molar-refractivity contribution in [2.45, 2.75) is 19.4 Å². The Kier molecular flexibility index (Phi) is 4.14. The highest BCUT2D eigenvalue weighted by Gasteiger charge is 2.27. The average molecular weight is 356 g/mol. The van der Waals surface area contributed by atoms with E-state index in [-0.39, 0.29) is 17.9 Å². The van der Waals surface area contributed by atoms with E-state index < -0.39 is 0 Å². The Morgan fingerprint density at radius 1 is 1.24 bits per heavy atom. The van der Waals surface area contributed by atoms with Gasteiger partial charge in [-0.25, -0.2) is 0 Å². The van der Waals surface area contributed by atoms with Crippen LogP contribution >= 0.6 is 11.6 Å². The van der Waals surface area contributed by atoms with Gasteiger partial charge in [0.1, 0.15) is 23.7 Å². The third-order valence-corrected chi connectivity index (χ3v) is 4.76. The lowest BCUT2D eigenvalue weighted by Gasteiger charge is -2.25. The number of furan rings is 1. The summed E-state index contributed by atoms with van der Waals surface area (Å²) < 4.78 is 11.5. The van der Waals surface area contributed by atoms with E-state index in [0.717, 1.165) is 28.0 Å². The van der Waals surface area contributed by atoms with Gasteiger partial charge in [-0.2, -0.15) is 0 Å². The quantitative estimate of drug-likeness (QED) is 0.751. The maximum Gasteiger partial charge on any atom is 0.227 e. The molecule has 1 amide bonds. The maximum absolute atomic E-state index is 12.6. The van der Waals surface area contributed by atoms with Gasteiger partial charge in [-0.1, -0.05) is 29.8 Å². The summed E-state index contributed by atoms with van der Waals surface area (Å²) in [5.74, 6) is 1.27. The fourth-order valence-corrected chi connectivity index (χ4v) is 3.34. The second kappa shape index (κ2) is 6.45. The van der Waals surface area contributed by atoms with Gasteiger partial charge in [0.25, 0.3) is 0 Å². The molecule has 0 spiro atoms. The SMILES string of the molecule is C[C@H](NC(=O)[C@H]1COc2ccc(Cl)cc2C1)c1cc2ccccc2o1. The number of carbonyl (C=O) groups excluding carboxylic acids is 1. The Bertz CT molecular complexity index is 901. The van der Waals surface area contributed by atoms with Gasteiger partial charge >= 0.3 is 0 Å². The van der Waals surface area contributed by atoms with Gasteiger partial charge in [-0.15, -0.1) is 0 Å². The predicted molar refractivity (Wildman–Crippen MR) is 96.9 cm³/mol. The van der Waals surface area contributed by atoms with Crippen LogP contribution in [0.1, 0.15) is 24.3 Å². The Morgan fingerprint density at radius 3 is 2.92 bits per heavy atom. The van der Waals surface area contributed by atoms with Crippen LogP contribution in [0, 0.1) is 5.92 Å². The zero-order chi connectivity index (χ0) is 17.4. The molecule has 0 aliphatic carbocycles. The van der Waals surface area contributed by atoms with Crippen LogP contribution in [-0.2, 0) is 11.2 Å². The summed E-state index contributed by atoms with van der Waals surface area (Å²) in [7, 11) is 0. The van der Waals surface area contributed by atoms with E-state index in [2.05, 4.69) is 5.32 Å². The number of carbonyl (C=O) groups is 1. The van der Waals surface area contributed by atoms with Crippen molar-refractivity contribution < 1.29 is 13.9 Å². The molecule has 2 aromatic carbocycles. The molecule has 4 nitrogen and oxygen atoms in total. The summed E-state index contributed by atoms with van der Waals surface area (Å²) in [4.78, 5) is 12.6. The Balaban J connectivity index is 1.46. The lowest BCUT2D eigenvalue weighted by Crippen LogP contribution is -2.38. The molecule has 1 N–H and O–H groups in total.